The van der Waals surface area contributed by atoms with Crippen LogP contribution in [0.4, 0.5) is 5.69 Å². The van der Waals surface area contributed by atoms with Crippen LogP contribution in [0.15, 0.2) is 46.9 Å². The van der Waals surface area contributed by atoms with E-state index in [1.54, 1.807) is 42.5 Å². The average Bonchev–Trinajstić information content (AvgIpc) is 2.39. The molecule has 0 unspecified atom stereocenters. The van der Waals surface area contributed by atoms with Gasteiger partial charge in [-0.1, -0.05) is 11.6 Å². The van der Waals surface area contributed by atoms with Crippen molar-refractivity contribution in [1.29, 1.82) is 0 Å². The predicted molar refractivity (Wildman–Crippen MR) is 78.9 cm³/mol. The number of hydrogen-bond acceptors (Lipinski definition) is 2. The molecular weight excluding hydrogens is 330 g/mol. The molecular formula is C14H9BrClNO2. The highest BCUT2D eigenvalue weighted by molar-refractivity contribution is 9.10. The van der Waals surface area contributed by atoms with Crippen LogP contribution in [-0.2, 0) is 0 Å². The van der Waals surface area contributed by atoms with Gasteiger partial charge in [0.05, 0.1) is 5.56 Å². The summed E-state index contributed by atoms with van der Waals surface area (Å²) in [6.45, 7) is 0. The summed E-state index contributed by atoms with van der Waals surface area (Å²) in [4.78, 5) is 22.6. The highest BCUT2D eigenvalue weighted by Gasteiger charge is 2.10. The standard InChI is InChI=1S/C14H9BrClNO2/c15-13-7-10(16)3-6-12(13)14(19)17-11-4-1-9(8-18)2-5-11/h1-8H,(H,17,19). The lowest BCUT2D eigenvalue weighted by Gasteiger charge is -2.07. The number of carbonyl (C=O) groups is 2. The van der Waals surface area contributed by atoms with Crippen molar-refractivity contribution in [2.45, 2.75) is 0 Å². The highest BCUT2D eigenvalue weighted by atomic mass is 79.9. The molecule has 0 aliphatic heterocycles. The third-order valence-corrected chi connectivity index (χ3v) is 3.37. The second-order valence-corrected chi connectivity index (χ2v) is 5.11. The minimum Gasteiger partial charge on any atom is -0.322 e. The van der Waals surface area contributed by atoms with Crippen LogP contribution in [0.3, 0.4) is 0 Å². The number of benzene rings is 2. The Balaban J connectivity index is 2.18. The number of carbonyl (C=O) groups excluding carboxylic acids is 2. The summed E-state index contributed by atoms with van der Waals surface area (Å²) in [6, 6.07) is 11.6. The third-order valence-electron chi connectivity index (χ3n) is 2.48. The fourth-order valence-electron chi connectivity index (χ4n) is 1.52. The van der Waals surface area contributed by atoms with Crippen LogP contribution in [0.1, 0.15) is 20.7 Å². The van der Waals surface area contributed by atoms with Crippen molar-refractivity contribution >= 4 is 45.4 Å². The second kappa shape index (κ2) is 5.99. The lowest BCUT2D eigenvalue weighted by Crippen LogP contribution is -2.12. The minimum atomic E-state index is -0.248. The summed E-state index contributed by atoms with van der Waals surface area (Å²) in [7, 11) is 0. The molecule has 0 saturated carbocycles. The van der Waals surface area contributed by atoms with E-state index in [9.17, 15) is 9.59 Å². The fourth-order valence-corrected chi connectivity index (χ4v) is 2.38. The SMILES string of the molecule is O=Cc1ccc(NC(=O)c2ccc(Cl)cc2Br)cc1. The zero-order valence-corrected chi connectivity index (χ0v) is 12.0. The van der Waals surface area contributed by atoms with E-state index in [0.717, 1.165) is 6.29 Å². The van der Waals surface area contributed by atoms with Crippen LogP contribution in [-0.4, -0.2) is 12.2 Å². The van der Waals surface area contributed by atoms with Gasteiger partial charge in [0.15, 0.2) is 0 Å². The normalized spacial score (nSPS) is 10.0. The van der Waals surface area contributed by atoms with Gasteiger partial charge in [-0.2, -0.15) is 0 Å². The first-order valence-electron chi connectivity index (χ1n) is 5.42. The average molecular weight is 339 g/mol. The second-order valence-electron chi connectivity index (χ2n) is 3.82. The Bertz CT molecular complexity index is 626. The molecule has 0 spiro atoms. The van der Waals surface area contributed by atoms with E-state index in [1.165, 1.54) is 0 Å². The molecule has 0 aromatic heterocycles. The van der Waals surface area contributed by atoms with Crippen LogP contribution in [0.25, 0.3) is 0 Å². The van der Waals surface area contributed by atoms with Gasteiger partial charge in [-0.15, -0.1) is 0 Å². The van der Waals surface area contributed by atoms with Crippen molar-refractivity contribution < 1.29 is 9.59 Å². The first-order valence-corrected chi connectivity index (χ1v) is 6.59. The zero-order valence-electron chi connectivity index (χ0n) is 9.69. The molecule has 1 amide bonds. The van der Waals surface area contributed by atoms with Gasteiger partial charge < -0.3 is 5.32 Å². The van der Waals surface area contributed by atoms with E-state index in [2.05, 4.69) is 21.2 Å². The number of amides is 1. The first-order chi connectivity index (χ1) is 9.10. The Kier molecular flexibility index (Phi) is 4.35. The van der Waals surface area contributed by atoms with Crippen molar-refractivity contribution in [2.75, 3.05) is 5.32 Å². The molecule has 19 heavy (non-hydrogen) atoms. The summed E-state index contributed by atoms with van der Waals surface area (Å²) in [6.07, 6.45) is 0.751. The molecule has 0 aliphatic carbocycles. The Morgan fingerprint density at radius 1 is 1.16 bits per heavy atom. The monoisotopic (exact) mass is 337 g/mol. The van der Waals surface area contributed by atoms with E-state index in [-0.39, 0.29) is 5.91 Å². The smallest absolute Gasteiger partial charge is 0.256 e. The quantitative estimate of drug-likeness (QED) is 0.854. The predicted octanol–water partition coefficient (Wildman–Crippen LogP) is 4.17. The van der Waals surface area contributed by atoms with Gasteiger partial charge in [0.25, 0.3) is 5.91 Å². The van der Waals surface area contributed by atoms with Gasteiger partial charge >= 0.3 is 0 Å². The molecule has 1 N–H and O–H groups in total. The molecule has 96 valence electrons. The fraction of sp³-hybridized carbons (Fsp3) is 0. The summed E-state index contributed by atoms with van der Waals surface area (Å²) in [5, 5.41) is 3.30. The van der Waals surface area contributed by atoms with E-state index in [4.69, 9.17) is 11.6 Å². The summed E-state index contributed by atoms with van der Waals surface area (Å²) >= 11 is 9.11. The molecule has 0 atom stereocenters. The van der Waals surface area contributed by atoms with E-state index >= 15 is 0 Å². The Morgan fingerprint density at radius 3 is 2.42 bits per heavy atom. The van der Waals surface area contributed by atoms with Crippen LogP contribution in [0.2, 0.25) is 5.02 Å². The molecule has 2 rings (SSSR count). The van der Waals surface area contributed by atoms with Gasteiger partial charge in [0.1, 0.15) is 6.29 Å². The Labute approximate surface area is 123 Å². The van der Waals surface area contributed by atoms with Crippen molar-refractivity contribution in [3.63, 3.8) is 0 Å². The van der Waals surface area contributed by atoms with Crippen LogP contribution >= 0.6 is 27.5 Å². The lowest BCUT2D eigenvalue weighted by molar-refractivity contribution is 0.102. The lowest BCUT2D eigenvalue weighted by atomic mass is 10.2. The number of aldehydes is 1. The molecule has 0 bridgehead atoms. The molecule has 0 saturated heterocycles. The minimum absolute atomic E-state index is 0.248. The zero-order chi connectivity index (χ0) is 13.8. The van der Waals surface area contributed by atoms with Gasteiger partial charge in [-0.25, -0.2) is 0 Å². The molecule has 0 fully saturated rings. The van der Waals surface area contributed by atoms with Gasteiger partial charge in [-0.05, 0) is 58.4 Å². The van der Waals surface area contributed by atoms with Gasteiger partial charge in [0.2, 0.25) is 0 Å². The topological polar surface area (TPSA) is 46.2 Å². The number of hydrogen-bond donors (Lipinski definition) is 1. The highest BCUT2D eigenvalue weighted by Crippen LogP contribution is 2.22. The number of rotatable bonds is 3. The Morgan fingerprint density at radius 2 is 1.84 bits per heavy atom. The third kappa shape index (κ3) is 3.43. The largest absolute Gasteiger partial charge is 0.322 e. The first kappa shape index (κ1) is 13.8. The van der Waals surface area contributed by atoms with Crippen molar-refractivity contribution in [3.05, 3.63) is 63.1 Å². The van der Waals surface area contributed by atoms with Gasteiger partial charge in [0, 0.05) is 20.7 Å². The molecule has 0 aliphatic rings. The summed E-state index contributed by atoms with van der Waals surface area (Å²) in [5.41, 5.74) is 1.67. The van der Waals surface area contributed by atoms with Crippen molar-refractivity contribution in [3.8, 4) is 0 Å². The molecule has 2 aromatic carbocycles. The summed E-state index contributed by atoms with van der Waals surface area (Å²) in [5.74, 6) is -0.248. The molecule has 0 radical (unpaired) electrons. The molecule has 0 heterocycles. The van der Waals surface area contributed by atoms with Crippen molar-refractivity contribution in [2.24, 2.45) is 0 Å². The van der Waals surface area contributed by atoms with Crippen LogP contribution in [0, 0.1) is 0 Å². The molecule has 5 heteroatoms. The summed E-state index contributed by atoms with van der Waals surface area (Å²) < 4.78 is 0.627. The number of anilines is 1. The Hall–Kier alpha value is -1.65. The van der Waals surface area contributed by atoms with Crippen molar-refractivity contribution in [1.82, 2.24) is 0 Å². The van der Waals surface area contributed by atoms with E-state index in [0.29, 0.717) is 26.3 Å². The number of nitrogens with one attached hydrogen (secondary N) is 1. The number of halogens is 2. The molecule has 3 nitrogen and oxygen atoms in total. The van der Waals surface area contributed by atoms with E-state index < -0.39 is 0 Å². The van der Waals surface area contributed by atoms with E-state index in [1.807, 2.05) is 0 Å². The molecule has 2 aromatic rings. The van der Waals surface area contributed by atoms with Crippen LogP contribution in [0.5, 0.6) is 0 Å². The maximum atomic E-state index is 12.0. The maximum Gasteiger partial charge on any atom is 0.256 e. The van der Waals surface area contributed by atoms with Gasteiger partial charge in [-0.3, -0.25) is 9.59 Å². The van der Waals surface area contributed by atoms with Crippen LogP contribution < -0.4 is 5.32 Å². The maximum absolute atomic E-state index is 12.0.